The maximum Gasteiger partial charge on any atom is 1.00 e. The Balaban J connectivity index is -0.00000864. The van der Waals surface area contributed by atoms with Crippen LogP contribution in [0.2, 0.25) is 0 Å². The van der Waals surface area contributed by atoms with E-state index in [9.17, 15) is 107 Å². The number of unbranched alkanes of at least 4 members (excludes halogenated alkanes) is 2. The Kier molecular flexibility index (Phi) is 39.9. The van der Waals surface area contributed by atoms with Crippen LogP contribution < -0.4 is 203 Å². The predicted octanol–water partition coefficient (Wildman–Crippen LogP) is -32.0. The van der Waals surface area contributed by atoms with Gasteiger partial charge in [0.15, 0.2) is 45.8 Å². The Bertz CT molecular complexity index is 2200. The van der Waals surface area contributed by atoms with Crippen molar-refractivity contribution < 1.29 is 331 Å². The fourth-order valence-corrected chi connectivity index (χ4v) is 8.89. The van der Waals surface area contributed by atoms with Crippen molar-refractivity contribution >= 4 is 53.3 Å². The third kappa shape index (κ3) is 25.3. The number of nitrogens with two attached hydrogens (primary N) is 1. The van der Waals surface area contributed by atoms with Crippen molar-refractivity contribution in [2.45, 2.75) is 142 Å². The summed E-state index contributed by atoms with van der Waals surface area (Å²) in [5, 5.41) is 99.8. The Morgan fingerprint density at radius 1 is 0.480 bits per heavy atom. The quantitative estimate of drug-likeness (QED) is 0.0186. The first-order valence-corrected chi connectivity index (χ1v) is 25.0. The van der Waals surface area contributed by atoms with Gasteiger partial charge in [-0.15, -0.1) is 0 Å². The van der Waals surface area contributed by atoms with E-state index in [-0.39, 0.29) is 197 Å². The number of aliphatic hydroxyl groups is 7. The summed E-state index contributed by atoms with van der Waals surface area (Å²) < 4.78 is 193. The van der Waals surface area contributed by atoms with Gasteiger partial charge < -0.3 is 117 Å². The summed E-state index contributed by atoms with van der Waals surface area (Å²) in [6, 6.07) is -4.90. The van der Waals surface area contributed by atoms with E-state index in [0.717, 1.165) is 0 Å². The number of carbonyl (C=O) groups excluding carboxylic acids is 2. The molecule has 4 rings (SSSR count). The minimum absolute atomic E-state index is 0. The third-order valence-corrected chi connectivity index (χ3v) is 12.2. The second-order valence-corrected chi connectivity index (χ2v) is 19.5. The van der Waals surface area contributed by atoms with Gasteiger partial charge in [0.1, 0.15) is 97.5 Å². The molecule has 0 bridgehead atoms. The summed E-state index contributed by atoms with van der Waals surface area (Å²) in [6.45, 7) is -3.11. The zero-order valence-electron chi connectivity index (χ0n) is 40.5. The standard InChI is InChI=1S/C29H51N3O33S4.6Na/c30-4-2-1-3-5-56-26-10(31-66(44,45)46)12(33)19(8(59-26)6-57-68(50,51)52)62-29-18(39)16(37)21(23(65-29)25(42)43)63-27-11(32-67(47,48)49)13(34)20(9(60-27)7-58-69(53,54)55)61-28-17(38)14(35)15(36)22(64-28)24(40)41;;;;;;/h8-23,26-29,31-39H,1-7,30H2,(H,40,41)(H,42,43)(H,44,45,46)(H,47,48,49)(H,50,51,52)(H,53,54,55);;;;;;/q;6*+1/p-6/t8-,9-,10-,11-,12-,13-,14+,15+,16-,17-,18-,19-,20-,21+,22+,23-,26+,27-,28-,29-;;;;;;/m1....../s1. The minimum Gasteiger partial charge on any atom is -0.735 e. The largest absolute Gasteiger partial charge is 1.00 e. The van der Waals surface area contributed by atoms with E-state index in [1.807, 2.05) is 0 Å². The van der Waals surface area contributed by atoms with Gasteiger partial charge in [-0.1, -0.05) is 0 Å². The molecule has 4 aliphatic heterocycles. The molecule has 11 N–H and O–H groups in total. The van der Waals surface area contributed by atoms with Gasteiger partial charge in [0.25, 0.3) is 0 Å². The number of hydrogen-bond donors (Lipinski definition) is 10. The number of ether oxygens (including phenoxy) is 8. The van der Waals surface area contributed by atoms with E-state index in [1.54, 1.807) is 0 Å². The van der Waals surface area contributed by atoms with Crippen LogP contribution in [0.4, 0.5) is 0 Å². The molecule has 4 saturated heterocycles. The molecule has 46 heteroatoms. The predicted molar refractivity (Wildman–Crippen MR) is 195 cm³/mol. The number of carbonyl (C=O) groups is 2. The molecule has 0 aliphatic carbocycles. The maximum absolute atomic E-state index is 12.5. The van der Waals surface area contributed by atoms with E-state index in [0.29, 0.717) is 12.8 Å². The summed E-state index contributed by atoms with van der Waals surface area (Å²) in [6.07, 6.45) is -44.6. The van der Waals surface area contributed by atoms with Crippen molar-refractivity contribution in [2.24, 2.45) is 5.73 Å². The average molecular weight is 1230 g/mol. The molecule has 0 spiro atoms. The summed E-state index contributed by atoms with van der Waals surface area (Å²) in [7, 11) is -22.8. The smallest absolute Gasteiger partial charge is 0.735 e. The molecule has 36 nitrogen and oxygen atoms in total. The van der Waals surface area contributed by atoms with Crippen LogP contribution in [0.1, 0.15) is 19.3 Å². The first-order chi connectivity index (χ1) is 31.7. The van der Waals surface area contributed by atoms with E-state index in [2.05, 4.69) is 8.37 Å². The molecule has 0 unspecified atom stereocenters. The second-order valence-electron chi connectivity index (χ2n) is 15.1. The Morgan fingerprint density at radius 3 is 1.27 bits per heavy atom. The number of hydrogen-bond acceptors (Lipinski definition) is 34. The first-order valence-electron chi connectivity index (χ1n) is 19.5. The molecular formula is C29H45N3Na6O33S4. The molecule has 0 amide bonds. The Labute approximate surface area is 560 Å². The number of nitrogens with one attached hydrogen (secondary N) is 2. The van der Waals surface area contributed by atoms with Gasteiger partial charge in [0, 0.05) is 6.61 Å². The monoisotopic (exact) mass is 1230 g/mol. The zero-order valence-corrected chi connectivity index (χ0v) is 55.7. The van der Waals surface area contributed by atoms with Crippen LogP contribution in [0.15, 0.2) is 0 Å². The number of rotatable bonds is 24. The minimum atomic E-state index is -5.88. The molecule has 0 aromatic carbocycles. The van der Waals surface area contributed by atoms with Gasteiger partial charge in [0.05, 0.1) is 25.2 Å². The molecule has 4 aliphatic rings. The van der Waals surface area contributed by atoms with Crippen molar-refractivity contribution in [1.82, 2.24) is 9.44 Å². The maximum atomic E-state index is 12.5. The van der Waals surface area contributed by atoms with Crippen molar-refractivity contribution in [3.63, 3.8) is 0 Å². The van der Waals surface area contributed by atoms with Crippen LogP contribution in [0.3, 0.4) is 0 Å². The van der Waals surface area contributed by atoms with Crippen molar-refractivity contribution in [1.29, 1.82) is 0 Å². The molecular weight excluding hydrogens is 1180 g/mol. The van der Waals surface area contributed by atoms with Crippen LogP contribution in [0.5, 0.6) is 0 Å². The van der Waals surface area contributed by atoms with Gasteiger partial charge in [-0.2, -0.15) is 0 Å². The van der Waals surface area contributed by atoms with Crippen LogP contribution in [-0.2, 0) is 97.3 Å². The number of aliphatic hydroxyl groups excluding tert-OH is 7. The molecule has 404 valence electrons. The summed E-state index contributed by atoms with van der Waals surface area (Å²) in [5.41, 5.74) is 5.43. The number of carboxylic acid groups (broad SMARTS) is 2. The molecule has 75 heavy (non-hydrogen) atoms. The van der Waals surface area contributed by atoms with Crippen molar-refractivity contribution in [2.75, 3.05) is 26.4 Å². The second kappa shape index (κ2) is 36.0. The molecule has 4 fully saturated rings. The zero-order chi connectivity index (χ0) is 52.1. The topological polar surface area (TPSA) is 593 Å². The molecule has 0 saturated carbocycles. The Morgan fingerprint density at radius 2 is 0.867 bits per heavy atom. The molecule has 0 aromatic heterocycles. The van der Waals surface area contributed by atoms with Crippen LogP contribution in [-0.4, -0.2) is 249 Å². The van der Waals surface area contributed by atoms with Crippen molar-refractivity contribution in [3.05, 3.63) is 0 Å². The summed E-state index contributed by atoms with van der Waals surface area (Å²) in [4.78, 5) is 24.1. The van der Waals surface area contributed by atoms with Crippen LogP contribution in [0, 0.1) is 0 Å². The van der Waals surface area contributed by atoms with E-state index in [4.69, 9.17) is 43.6 Å². The normalized spacial score (nSPS) is 36.3. The van der Waals surface area contributed by atoms with E-state index < -0.39 is 189 Å². The summed E-state index contributed by atoms with van der Waals surface area (Å²) >= 11 is 0. The van der Waals surface area contributed by atoms with E-state index in [1.165, 1.54) is 9.44 Å². The van der Waals surface area contributed by atoms with Gasteiger partial charge in [0.2, 0.25) is 20.8 Å². The average Bonchev–Trinajstić information content (AvgIpc) is 3.21. The van der Waals surface area contributed by atoms with Gasteiger partial charge >= 0.3 is 177 Å². The Hall–Kier alpha value is 3.78. The van der Waals surface area contributed by atoms with Crippen LogP contribution in [0.25, 0.3) is 0 Å². The number of aliphatic carboxylic acids is 2. The first kappa shape index (κ1) is 83.0. The SMILES string of the molecule is NCCCCCO[C@H]1O[C@H](COS(=O)(=O)[O-])[C@@H](O[C@@H]2O[C@@H](C(=O)[O-])[C@@H](O[C@H]3O[C@H](COS(=O)(=O)[O-])[C@@H](O[C@@H]4O[C@H](C(=O)[O-])[C@@H](O)[C@H](O)[C@H]4O)[C@H](O)[C@H]3NS(=O)(=O)[O-])[C@H](O)[C@H]2O)[C@H](O)[C@H]1NS(=O)(=O)[O-].[Na+].[Na+].[Na+].[Na+].[Na+].[Na+]. The van der Waals surface area contributed by atoms with Gasteiger partial charge in [-0.25, -0.2) is 43.1 Å². The third-order valence-electron chi connectivity index (χ3n) is 10.2. The van der Waals surface area contributed by atoms with Crippen molar-refractivity contribution in [3.8, 4) is 0 Å². The fourth-order valence-electron chi connectivity index (χ4n) is 7.12. The van der Waals surface area contributed by atoms with Gasteiger partial charge in [-0.3, -0.25) is 8.37 Å². The molecule has 4 heterocycles. The fraction of sp³-hybridized carbons (Fsp3) is 0.931. The molecule has 0 radical (unpaired) electrons. The van der Waals surface area contributed by atoms with Crippen LogP contribution >= 0.6 is 0 Å². The summed E-state index contributed by atoms with van der Waals surface area (Å²) in [5.74, 6) is -4.69. The van der Waals surface area contributed by atoms with Gasteiger partial charge in [-0.05, 0) is 25.8 Å². The van der Waals surface area contributed by atoms with E-state index >= 15 is 0 Å². The molecule has 20 atom stereocenters. The molecule has 0 aromatic rings. The number of carboxylic acids is 2.